The lowest BCUT2D eigenvalue weighted by Crippen LogP contribution is -2.40. The number of hydrogen-bond donors (Lipinski definition) is 2. The number of anilines is 1. The summed E-state index contributed by atoms with van der Waals surface area (Å²) in [5, 5.41) is 9.07. The van der Waals surface area contributed by atoms with E-state index >= 15 is 0 Å². The number of carboxylic acid groups (broad SMARTS) is 1. The Bertz CT molecular complexity index is 718. The zero-order chi connectivity index (χ0) is 20.3. The molecule has 2 aliphatic rings. The van der Waals surface area contributed by atoms with Gasteiger partial charge >= 0.3 is 5.97 Å². The molecule has 0 unspecified atom stereocenters. The maximum Gasteiger partial charge on any atom is 0.306 e. The molecule has 1 saturated carbocycles. The first-order valence-corrected chi connectivity index (χ1v) is 9.96. The second-order valence-electron chi connectivity index (χ2n) is 8.05. The Kier molecular flexibility index (Phi) is 6.54. The van der Waals surface area contributed by atoms with Crippen LogP contribution in [-0.4, -0.2) is 53.4 Å². The standard InChI is InChI=1S/C21H29FN2O4/c1-13-8-14(2-7-19(13)23)9-20(25)24-11-16(22)10-17(24)12-28-18-5-3-15(4-6-18)21(26)27/h2,7-8,15-18H,3-6,9-12,23H2,1H3,(H,26,27)/t15?,16-,17-,18?/m0/s1. The van der Waals surface area contributed by atoms with Crippen LogP contribution in [0, 0.1) is 12.8 Å². The predicted molar refractivity (Wildman–Crippen MR) is 104 cm³/mol. The van der Waals surface area contributed by atoms with E-state index in [1.54, 1.807) is 11.0 Å². The van der Waals surface area contributed by atoms with Crippen molar-refractivity contribution in [3.8, 4) is 0 Å². The normalized spacial score (nSPS) is 27.7. The molecule has 1 aliphatic heterocycles. The lowest BCUT2D eigenvalue weighted by Gasteiger charge is -2.29. The van der Waals surface area contributed by atoms with Crippen LogP contribution in [0.15, 0.2) is 18.2 Å². The van der Waals surface area contributed by atoms with Crippen LogP contribution in [0.2, 0.25) is 0 Å². The molecule has 28 heavy (non-hydrogen) atoms. The zero-order valence-electron chi connectivity index (χ0n) is 16.3. The van der Waals surface area contributed by atoms with E-state index in [9.17, 15) is 14.0 Å². The first-order valence-electron chi connectivity index (χ1n) is 9.96. The van der Waals surface area contributed by atoms with Gasteiger partial charge in [-0.25, -0.2) is 4.39 Å². The van der Waals surface area contributed by atoms with Crippen molar-refractivity contribution in [2.45, 2.75) is 63.8 Å². The number of nitrogens with two attached hydrogens (primary N) is 1. The minimum absolute atomic E-state index is 0.00837. The Morgan fingerprint density at radius 2 is 2.00 bits per heavy atom. The summed E-state index contributed by atoms with van der Waals surface area (Å²) in [7, 11) is 0. The molecule has 1 amide bonds. The number of benzene rings is 1. The summed E-state index contributed by atoms with van der Waals surface area (Å²) in [6.45, 7) is 2.30. The molecule has 1 aliphatic carbocycles. The van der Waals surface area contributed by atoms with Gasteiger partial charge in [0.25, 0.3) is 0 Å². The van der Waals surface area contributed by atoms with Crippen LogP contribution < -0.4 is 5.73 Å². The van der Waals surface area contributed by atoms with Crippen LogP contribution in [-0.2, 0) is 20.7 Å². The number of alkyl halides is 1. The van der Waals surface area contributed by atoms with E-state index < -0.39 is 12.1 Å². The smallest absolute Gasteiger partial charge is 0.306 e. The van der Waals surface area contributed by atoms with Crippen LogP contribution in [0.5, 0.6) is 0 Å². The molecule has 6 nitrogen and oxygen atoms in total. The van der Waals surface area contributed by atoms with Crippen molar-refractivity contribution >= 4 is 17.6 Å². The van der Waals surface area contributed by atoms with Gasteiger partial charge in [-0.15, -0.1) is 0 Å². The summed E-state index contributed by atoms with van der Waals surface area (Å²) in [5.74, 6) is -1.14. The number of amides is 1. The van der Waals surface area contributed by atoms with Gasteiger partial charge in [0.1, 0.15) is 6.17 Å². The van der Waals surface area contributed by atoms with Crippen LogP contribution in [0.25, 0.3) is 0 Å². The van der Waals surface area contributed by atoms with Crippen molar-refractivity contribution in [3.63, 3.8) is 0 Å². The van der Waals surface area contributed by atoms with E-state index in [0.29, 0.717) is 38.0 Å². The Labute approximate surface area is 164 Å². The second-order valence-corrected chi connectivity index (χ2v) is 8.05. The van der Waals surface area contributed by atoms with Crippen molar-refractivity contribution in [3.05, 3.63) is 29.3 Å². The van der Waals surface area contributed by atoms with Crippen molar-refractivity contribution in [2.75, 3.05) is 18.9 Å². The van der Waals surface area contributed by atoms with Gasteiger partial charge in [0.2, 0.25) is 5.91 Å². The summed E-state index contributed by atoms with van der Waals surface area (Å²) >= 11 is 0. The largest absolute Gasteiger partial charge is 0.481 e. The Hall–Kier alpha value is -2.15. The highest BCUT2D eigenvalue weighted by molar-refractivity contribution is 5.79. The lowest BCUT2D eigenvalue weighted by atomic mass is 9.87. The molecule has 1 aromatic carbocycles. The number of halogens is 1. The van der Waals surface area contributed by atoms with Gasteiger partial charge in [-0.3, -0.25) is 9.59 Å². The summed E-state index contributed by atoms with van der Waals surface area (Å²) in [6, 6.07) is 5.24. The van der Waals surface area contributed by atoms with Crippen molar-refractivity contribution in [1.82, 2.24) is 4.90 Å². The number of carbonyl (C=O) groups excluding carboxylic acids is 1. The van der Waals surface area contributed by atoms with Gasteiger partial charge in [0.15, 0.2) is 0 Å². The van der Waals surface area contributed by atoms with E-state index in [4.69, 9.17) is 15.6 Å². The van der Waals surface area contributed by atoms with Gasteiger partial charge in [-0.05, 0) is 49.8 Å². The number of aliphatic carboxylic acids is 1. The Balaban J connectivity index is 1.53. The average Bonchev–Trinajstić information content (AvgIpc) is 3.04. The zero-order valence-corrected chi connectivity index (χ0v) is 16.3. The maximum absolute atomic E-state index is 14.0. The fourth-order valence-electron chi connectivity index (χ4n) is 4.17. The van der Waals surface area contributed by atoms with Gasteiger partial charge in [0, 0.05) is 12.1 Å². The molecular formula is C21H29FN2O4. The third kappa shape index (κ3) is 5.01. The highest BCUT2D eigenvalue weighted by Crippen LogP contribution is 2.28. The summed E-state index contributed by atoms with van der Waals surface area (Å²) in [5.41, 5.74) is 8.30. The first kappa shape index (κ1) is 20.6. The lowest BCUT2D eigenvalue weighted by molar-refractivity contribution is -0.144. The SMILES string of the molecule is Cc1cc(CC(=O)N2C[C@@H](F)C[C@H]2COC2CCC(C(=O)O)CC2)ccc1N. The molecule has 0 radical (unpaired) electrons. The molecule has 2 fully saturated rings. The third-order valence-corrected chi connectivity index (χ3v) is 5.92. The molecule has 0 aromatic heterocycles. The van der Waals surface area contributed by atoms with Gasteiger partial charge in [0.05, 0.1) is 37.6 Å². The van der Waals surface area contributed by atoms with Gasteiger partial charge in [-0.2, -0.15) is 0 Å². The maximum atomic E-state index is 14.0. The molecule has 2 atom stereocenters. The van der Waals surface area contributed by atoms with Crippen LogP contribution in [0.1, 0.15) is 43.2 Å². The van der Waals surface area contributed by atoms with Crippen LogP contribution >= 0.6 is 0 Å². The average molecular weight is 392 g/mol. The molecule has 0 spiro atoms. The van der Waals surface area contributed by atoms with Crippen molar-refractivity contribution in [2.24, 2.45) is 5.92 Å². The van der Waals surface area contributed by atoms with Crippen LogP contribution in [0.4, 0.5) is 10.1 Å². The van der Waals surface area contributed by atoms with E-state index in [0.717, 1.165) is 11.1 Å². The molecule has 154 valence electrons. The molecule has 3 rings (SSSR count). The quantitative estimate of drug-likeness (QED) is 0.726. The highest BCUT2D eigenvalue weighted by Gasteiger charge is 2.36. The fraction of sp³-hybridized carbons (Fsp3) is 0.619. The second kappa shape index (κ2) is 8.90. The number of carbonyl (C=O) groups is 2. The topological polar surface area (TPSA) is 92.9 Å². The fourth-order valence-corrected chi connectivity index (χ4v) is 4.17. The van der Waals surface area contributed by atoms with E-state index in [-0.39, 0.29) is 43.4 Å². The number of rotatable bonds is 6. The molecule has 0 bridgehead atoms. The molecule has 1 saturated heterocycles. The molecule has 7 heteroatoms. The summed E-state index contributed by atoms with van der Waals surface area (Å²) in [6.07, 6.45) is 2.07. The van der Waals surface area contributed by atoms with Gasteiger partial charge in [-0.1, -0.05) is 12.1 Å². The van der Waals surface area contributed by atoms with Crippen LogP contribution in [0.3, 0.4) is 0 Å². The number of likely N-dealkylation sites (tertiary alicyclic amines) is 1. The van der Waals surface area contributed by atoms with E-state index in [1.165, 1.54) is 0 Å². The number of nitrogen functional groups attached to an aromatic ring is 1. The minimum atomic E-state index is -1.03. The van der Waals surface area contributed by atoms with Crippen molar-refractivity contribution < 1.29 is 23.8 Å². The summed E-state index contributed by atoms with van der Waals surface area (Å²) < 4.78 is 20.0. The Morgan fingerprint density at radius 1 is 1.29 bits per heavy atom. The number of carboxylic acids is 1. The highest BCUT2D eigenvalue weighted by atomic mass is 19.1. The molecular weight excluding hydrogens is 363 g/mol. The number of aryl methyl sites for hydroxylation is 1. The first-order chi connectivity index (χ1) is 13.3. The molecule has 3 N–H and O–H groups in total. The van der Waals surface area contributed by atoms with E-state index in [2.05, 4.69) is 0 Å². The van der Waals surface area contributed by atoms with Crippen molar-refractivity contribution in [1.29, 1.82) is 0 Å². The molecule has 1 heterocycles. The predicted octanol–water partition coefficient (Wildman–Crippen LogP) is 2.72. The van der Waals surface area contributed by atoms with E-state index in [1.807, 2.05) is 19.1 Å². The number of hydrogen-bond acceptors (Lipinski definition) is 4. The number of nitrogens with zero attached hydrogens (tertiary/aromatic N) is 1. The summed E-state index contributed by atoms with van der Waals surface area (Å²) in [4.78, 5) is 25.4. The monoisotopic (exact) mass is 392 g/mol. The third-order valence-electron chi connectivity index (χ3n) is 5.92. The molecule has 1 aromatic rings. The van der Waals surface area contributed by atoms with Gasteiger partial charge < -0.3 is 20.5 Å². The minimum Gasteiger partial charge on any atom is -0.481 e. The number of ether oxygens (including phenoxy) is 1. The Morgan fingerprint density at radius 3 is 2.64 bits per heavy atom.